The standard InChI is InChI=1S/C8H6FNO2S.C6H4ClFO2S/c9-7-2-1-3-8(6-7)13(11,12)5-4-10;7-11(9,10)6-3-1-2-5(8)4-6/h1-3,6H,5H2;1-4H. The predicted octanol–water partition coefficient (Wildman–Crippen LogP) is 2.88. The van der Waals surface area contributed by atoms with Crippen LogP contribution in [-0.4, -0.2) is 22.6 Å². The van der Waals surface area contributed by atoms with E-state index in [4.69, 9.17) is 15.9 Å². The van der Waals surface area contributed by atoms with Gasteiger partial charge in [-0.3, -0.25) is 0 Å². The Balaban J connectivity index is 0.000000243. The van der Waals surface area contributed by atoms with Crippen LogP contribution in [0.4, 0.5) is 8.78 Å². The largest absolute Gasteiger partial charge is 0.261 e. The minimum atomic E-state index is -3.79. The summed E-state index contributed by atoms with van der Waals surface area (Å²) in [6.45, 7) is 0. The van der Waals surface area contributed by atoms with Crippen LogP contribution in [0.3, 0.4) is 0 Å². The SMILES string of the molecule is N#CCS(=O)(=O)c1cccc(F)c1.O=S(=O)(Cl)c1cccc(F)c1. The van der Waals surface area contributed by atoms with Crippen molar-refractivity contribution in [3.05, 3.63) is 60.2 Å². The Morgan fingerprint density at radius 2 is 1.38 bits per heavy atom. The summed E-state index contributed by atoms with van der Waals surface area (Å²) < 4.78 is 68.5. The Morgan fingerprint density at radius 3 is 1.75 bits per heavy atom. The quantitative estimate of drug-likeness (QED) is 0.747. The lowest BCUT2D eigenvalue weighted by molar-refractivity contribution is 0.593. The van der Waals surface area contributed by atoms with E-state index >= 15 is 0 Å². The number of hydrogen-bond donors (Lipinski definition) is 0. The van der Waals surface area contributed by atoms with Gasteiger partial charge in [-0.25, -0.2) is 25.6 Å². The molecule has 0 unspecified atom stereocenters. The molecule has 2 aromatic carbocycles. The van der Waals surface area contributed by atoms with E-state index in [0.29, 0.717) is 0 Å². The molecular formula is C14H10ClF2NO4S2. The molecule has 0 aromatic heterocycles. The fourth-order valence-electron chi connectivity index (χ4n) is 1.45. The molecule has 2 rings (SSSR count). The van der Waals surface area contributed by atoms with Crippen molar-refractivity contribution in [2.45, 2.75) is 9.79 Å². The van der Waals surface area contributed by atoms with Crippen LogP contribution in [0, 0.1) is 23.0 Å². The maximum absolute atomic E-state index is 12.6. The van der Waals surface area contributed by atoms with Crippen LogP contribution in [0.25, 0.3) is 0 Å². The van der Waals surface area contributed by atoms with Crippen LogP contribution in [0.15, 0.2) is 58.3 Å². The van der Waals surface area contributed by atoms with Gasteiger partial charge < -0.3 is 0 Å². The fraction of sp³-hybridized carbons (Fsp3) is 0.0714. The van der Waals surface area contributed by atoms with Gasteiger partial charge in [-0.2, -0.15) is 5.26 Å². The normalized spacial score (nSPS) is 11.1. The summed E-state index contributed by atoms with van der Waals surface area (Å²) in [5.74, 6) is -1.87. The molecular weight excluding hydrogens is 384 g/mol. The minimum Gasteiger partial charge on any atom is -0.223 e. The number of nitriles is 1. The van der Waals surface area contributed by atoms with Crippen molar-refractivity contribution in [1.29, 1.82) is 5.26 Å². The van der Waals surface area contributed by atoms with Crippen molar-refractivity contribution in [3.8, 4) is 6.07 Å². The van der Waals surface area contributed by atoms with Gasteiger partial charge in [0.05, 0.1) is 15.9 Å². The lowest BCUT2D eigenvalue weighted by Gasteiger charge is -1.98. The highest BCUT2D eigenvalue weighted by Crippen LogP contribution is 2.15. The maximum Gasteiger partial charge on any atom is 0.261 e. The van der Waals surface area contributed by atoms with Gasteiger partial charge in [0.25, 0.3) is 9.05 Å². The first-order valence-electron chi connectivity index (χ1n) is 6.12. The predicted molar refractivity (Wildman–Crippen MR) is 83.5 cm³/mol. The first kappa shape index (κ1) is 20.0. The second kappa shape index (κ2) is 8.19. The number of halogens is 3. The van der Waals surface area contributed by atoms with Gasteiger partial charge >= 0.3 is 0 Å². The Kier molecular flexibility index (Phi) is 6.83. The summed E-state index contributed by atoms with van der Waals surface area (Å²) in [5, 5.41) is 8.21. The molecule has 2 aromatic rings. The fourth-order valence-corrected chi connectivity index (χ4v) is 3.14. The molecule has 0 N–H and O–H groups in total. The molecule has 0 aliphatic heterocycles. The lowest BCUT2D eigenvalue weighted by atomic mass is 10.4. The molecule has 128 valence electrons. The van der Waals surface area contributed by atoms with Crippen molar-refractivity contribution in [2.75, 3.05) is 5.75 Å². The average molecular weight is 394 g/mol. The second-order valence-corrected chi connectivity index (χ2v) is 8.83. The molecule has 5 nitrogen and oxygen atoms in total. The maximum atomic E-state index is 12.6. The molecule has 0 heterocycles. The summed E-state index contributed by atoms with van der Waals surface area (Å²) in [5.41, 5.74) is 0. The van der Waals surface area contributed by atoms with Crippen molar-refractivity contribution in [2.24, 2.45) is 0 Å². The molecule has 0 bridgehead atoms. The molecule has 0 aliphatic rings. The zero-order valence-corrected chi connectivity index (χ0v) is 14.2. The summed E-state index contributed by atoms with van der Waals surface area (Å²) in [6, 6.07) is 10.6. The van der Waals surface area contributed by atoms with Crippen LogP contribution < -0.4 is 0 Å². The van der Waals surface area contributed by atoms with Crippen molar-refractivity contribution < 1.29 is 25.6 Å². The summed E-state index contributed by atoms with van der Waals surface area (Å²) in [7, 11) is -2.49. The highest BCUT2D eigenvalue weighted by molar-refractivity contribution is 8.13. The zero-order chi connectivity index (χ0) is 18.4. The first-order chi connectivity index (χ1) is 11.1. The highest BCUT2D eigenvalue weighted by Gasteiger charge is 2.13. The van der Waals surface area contributed by atoms with E-state index < -0.39 is 36.3 Å². The van der Waals surface area contributed by atoms with Crippen molar-refractivity contribution in [1.82, 2.24) is 0 Å². The molecule has 0 saturated heterocycles. The first-order valence-corrected chi connectivity index (χ1v) is 10.1. The van der Waals surface area contributed by atoms with Crippen molar-refractivity contribution >= 4 is 29.6 Å². The van der Waals surface area contributed by atoms with Crippen LogP contribution in [0.5, 0.6) is 0 Å². The van der Waals surface area contributed by atoms with Crippen LogP contribution in [0.2, 0.25) is 0 Å². The number of rotatable bonds is 3. The Hall–Kier alpha value is -2.02. The minimum absolute atomic E-state index is 0.158. The van der Waals surface area contributed by atoms with E-state index in [1.165, 1.54) is 30.3 Å². The smallest absolute Gasteiger partial charge is 0.223 e. The van der Waals surface area contributed by atoms with E-state index in [-0.39, 0.29) is 9.79 Å². The zero-order valence-electron chi connectivity index (χ0n) is 11.9. The van der Waals surface area contributed by atoms with E-state index in [2.05, 4.69) is 0 Å². The van der Waals surface area contributed by atoms with Gasteiger partial charge in [0.1, 0.15) is 17.4 Å². The van der Waals surface area contributed by atoms with Crippen LogP contribution >= 0.6 is 10.7 Å². The van der Waals surface area contributed by atoms with Gasteiger partial charge in [0, 0.05) is 10.7 Å². The van der Waals surface area contributed by atoms with Gasteiger partial charge in [-0.05, 0) is 36.4 Å². The van der Waals surface area contributed by atoms with Crippen LogP contribution in [0.1, 0.15) is 0 Å². The van der Waals surface area contributed by atoms with Crippen LogP contribution in [-0.2, 0) is 18.9 Å². The summed E-state index contributed by atoms with van der Waals surface area (Å²) in [4.78, 5) is -0.381. The number of benzene rings is 2. The monoisotopic (exact) mass is 393 g/mol. The summed E-state index contributed by atoms with van der Waals surface area (Å²) in [6.07, 6.45) is 0. The Labute approximate surface area is 142 Å². The third-order valence-corrected chi connectivity index (χ3v) is 5.32. The molecule has 0 aliphatic carbocycles. The van der Waals surface area contributed by atoms with E-state index in [9.17, 15) is 25.6 Å². The van der Waals surface area contributed by atoms with Gasteiger partial charge in [-0.1, -0.05) is 12.1 Å². The number of sulfone groups is 1. The Bertz CT molecular complexity index is 970. The van der Waals surface area contributed by atoms with Crippen molar-refractivity contribution in [3.63, 3.8) is 0 Å². The van der Waals surface area contributed by atoms with Gasteiger partial charge in [-0.15, -0.1) is 0 Å². The molecule has 0 atom stereocenters. The molecule has 0 amide bonds. The molecule has 0 saturated carbocycles. The van der Waals surface area contributed by atoms with E-state index in [1.54, 1.807) is 0 Å². The average Bonchev–Trinajstić information content (AvgIpc) is 2.47. The summed E-state index contributed by atoms with van der Waals surface area (Å²) >= 11 is 0. The number of hydrogen-bond acceptors (Lipinski definition) is 5. The third kappa shape index (κ3) is 6.23. The molecule has 0 radical (unpaired) electrons. The van der Waals surface area contributed by atoms with E-state index in [0.717, 1.165) is 24.3 Å². The van der Waals surface area contributed by atoms with Gasteiger partial charge in [0.2, 0.25) is 0 Å². The molecule has 24 heavy (non-hydrogen) atoms. The second-order valence-electron chi connectivity index (χ2n) is 4.27. The van der Waals surface area contributed by atoms with E-state index in [1.807, 2.05) is 0 Å². The molecule has 10 heteroatoms. The lowest BCUT2D eigenvalue weighted by Crippen LogP contribution is -2.04. The number of nitrogens with zero attached hydrogens (tertiary/aromatic N) is 1. The third-order valence-electron chi connectivity index (χ3n) is 2.49. The highest BCUT2D eigenvalue weighted by atomic mass is 35.7. The topological polar surface area (TPSA) is 92.1 Å². The molecule has 0 spiro atoms. The van der Waals surface area contributed by atoms with Gasteiger partial charge in [0.15, 0.2) is 9.84 Å². The Morgan fingerprint density at radius 1 is 0.917 bits per heavy atom. The molecule has 0 fully saturated rings.